The fourth-order valence-electron chi connectivity index (χ4n) is 2.24. The number of nitrogens with zero attached hydrogens (tertiary/aromatic N) is 1. The van der Waals surface area contributed by atoms with Gasteiger partial charge in [-0.3, -0.25) is 0 Å². The molecule has 0 atom stereocenters. The maximum Gasteiger partial charge on any atom is 0.104 e. The summed E-state index contributed by atoms with van der Waals surface area (Å²) in [5.74, 6) is 0. The van der Waals surface area contributed by atoms with Crippen LogP contribution in [0.25, 0.3) is 0 Å². The van der Waals surface area contributed by atoms with E-state index in [9.17, 15) is 5.21 Å². The molecule has 0 unspecified atom stereocenters. The Balaban J connectivity index is 2.00. The van der Waals surface area contributed by atoms with Crippen LogP contribution in [0.5, 0.6) is 0 Å². The zero-order valence-corrected chi connectivity index (χ0v) is 9.86. The second-order valence-electron chi connectivity index (χ2n) is 4.99. The van der Waals surface area contributed by atoms with Crippen molar-refractivity contribution in [2.75, 3.05) is 13.1 Å². The van der Waals surface area contributed by atoms with E-state index in [0.717, 1.165) is 18.4 Å². The molecule has 2 rings (SSSR count). The van der Waals surface area contributed by atoms with Gasteiger partial charge in [0.15, 0.2) is 0 Å². The van der Waals surface area contributed by atoms with Gasteiger partial charge in [0, 0.05) is 24.4 Å². The van der Waals surface area contributed by atoms with Gasteiger partial charge < -0.3 is 15.6 Å². The highest BCUT2D eigenvalue weighted by molar-refractivity contribution is 5.20. The Labute approximate surface area is 97.0 Å². The average molecular weight is 220 g/mol. The maximum absolute atomic E-state index is 12.4. The Hall–Kier alpha value is -0.900. The Morgan fingerprint density at radius 2 is 1.81 bits per heavy atom. The molecule has 1 fully saturated rings. The summed E-state index contributed by atoms with van der Waals surface area (Å²) in [6.07, 6.45) is 1.71. The minimum atomic E-state index is -0.100. The third-order valence-electron chi connectivity index (χ3n) is 3.41. The number of benzene rings is 1. The lowest BCUT2D eigenvalue weighted by Gasteiger charge is -2.46. The third-order valence-corrected chi connectivity index (χ3v) is 3.41. The highest BCUT2D eigenvalue weighted by atomic mass is 16.5. The molecule has 16 heavy (non-hydrogen) atoms. The molecule has 3 heteroatoms. The number of quaternary nitrogens is 1. The summed E-state index contributed by atoms with van der Waals surface area (Å²) >= 11 is 0. The first-order valence-corrected chi connectivity index (χ1v) is 5.96. The van der Waals surface area contributed by atoms with Crippen molar-refractivity contribution in [1.29, 1.82) is 0 Å². The predicted octanol–water partition coefficient (Wildman–Crippen LogP) is 1.93. The van der Waals surface area contributed by atoms with Gasteiger partial charge in [-0.2, -0.15) is 0 Å². The number of piperidine rings is 1. The van der Waals surface area contributed by atoms with Gasteiger partial charge in [0.2, 0.25) is 0 Å². The van der Waals surface area contributed by atoms with E-state index in [-0.39, 0.29) is 10.7 Å². The van der Waals surface area contributed by atoms with Gasteiger partial charge in [-0.25, -0.2) is 0 Å². The van der Waals surface area contributed by atoms with Crippen LogP contribution in [0, 0.1) is 12.1 Å². The zero-order chi connectivity index (χ0) is 11.6. The molecule has 0 bridgehead atoms. The molecule has 0 aromatic heterocycles. The summed E-state index contributed by atoms with van der Waals surface area (Å²) in [6, 6.07) is 8.48. The first kappa shape index (κ1) is 11.6. The number of rotatable bonds is 2. The molecule has 0 spiro atoms. The van der Waals surface area contributed by atoms with Crippen molar-refractivity contribution in [3.05, 3.63) is 40.6 Å². The van der Waals surface area contributed by atoms with Crippen molar-refractivity contribution in [2.45, 2.75) is 32.4 Å². The molecule has 3 nitrogen and oxygen atoms in total. The van der Waals surface area contributed by atoms with Gasteiger partial charge in [0.05, 0.1) is 13.1 Å². The van der Waals surface area contributed by atoms with E-state index in [4.69, 9.17) is 5.73 Å². The van der Waals surface area contributed by atoms with E-state index in [1.165, 1.54) is 5.56 Å². The molecule has 0 amide bonds. The van der Waals surface area contributed by atoms with Gasteiger partial charge in [0.25, 0.3) is 0 Å². The summed E-state index contributed by atoms with van der Waals surface area (Å²) < 4.78 is -0.100. The number of hydroxylamine groups is 3. The van der Waals surface area contributed by atoms with E-state index in [1.807, 2.05) is 0 Å². The average Bonchev–Trinajstić information content (AvgIpc) is 2.27. The largest absolute Gasteiger partial charge is 0.633 e. The number of hydrogen-bond acceptors (Lipinski definition) is 2. The highest BCUT2D eigenvalue weighted by Gasteiger charge is 2.25. The number of aryl methyl sites for hydroxylation is 1. The van der Waals surface area contributed by atoms with Crippen molar-refractivity contribution in [3.63, 3.8) is 0 Å². The number of nitrogens with two attached hydrogens (primary N) is 1. The standard InChI is InChI=1S/C13H20N2O/c1-11-2-4-12(5-3-11)10-15(16)8-6-13(14)7-9-15/h2-5,13H,6-10,14H2,1H3. The van der Waals surface area contributed by atoms with E-state index >= 15 is 0 Å². The minimum absolute atomic E-state index is 0.100. The fraction of sp³-hybridized carbons (Fsp3) is 0.538. The summed E-state index contributed by atoms with van der Waals surface area (Å²) in [5, 5.41) is 12.4. The van der Waals surface area contributed by atoms with E-state index in [0.29, 0.717) is 19.6 Å². The third kappa shape index (κ3) is 2.82. The first-order valence-electron chi connectivity index (χ1n) is 5.96. The molecular weight excluding hydrogens is 200 g/mol. The van der Waals surface area contributed by atoms with E-state index in [2.05, 4.69) is 31.2 Å². The van der Waals surface area contributed by atoms with Crippen LogP contribution in [0.15, 0.2) is 24.3 Å². The van der Waals surface area contributed by atoms with Gasteiger partial charge in [-0.05, 0) is 6.92 Å². The van der Waals surface area contributed by atoms with E-state index < -0.39 is 0 Å². The number of likely N-dealkylation sites (tertiary alicyclic amines) is 1. The fourth-order valence-corrected chi connectivity index (χ4v) is 2.24. The second-order valence-corrected chi connectivity index (χ2v) is 4.99. The Morgan fingerprint density at radius 1 is 1.25 bits per heavy atom. The van der Waals surface area contributed by atoms with Crippen LogP contribution in [0.4, 0.5) is 0 Å². The first-order chi connectivity index (χ1) is 7.57. The SMILES string of the molecule is Cc1ccc(C[N+]2([O-])CCC(N)CC2)cc1. The summed E-state index contributed by atoms with van der Waals surface area (Å²) in [6.45, 7) is 3.97. The van der Waals surface area contributed by atoms with Gasteiger partial charge in [0.1, 0.15) is 6.54 Å². The lowest BCUT2D eigenvalue weighted by molar-refractivity contribution is -0.898. The topological polar surface area (TPSA) is 49.1 Å². The molecule has 1 heterocycles. The van der Waals surface area contributed by atoms with Crippen LogP contribution >= 0.6 is 0 Å². The summed E-state index contributed by atoms with van der Waals surface area (Å²) in [4.78, 5) is 0. The van der Waals surface area contributed by atoms with Gasteiger partial charge in [-0.15, -0.1) is 0 Å². The smallest absolute Gasteiger partial charge is 0.104 e. The number of hydrogen-bond donors (Lipinski definition) is 1. The molecule has 1 saturated heterocycles. The van der Waals surface area contributed by atoms with E-state index in [1.54, 1.807) is 0 Å². The van der Waals surface area contributed by atoms with Crippen molar-refractivity contribution < 1.29 is 4.65 Å². The van der Waals surface area contributed by atoms with Crippen molar-refractivity contribution in [1.82, 2.24) is 0 Å². The molecule has 88 valence electrons. The molecule has 1 aromatic rings. The van der Waals surface area contributed by atoms with Crippen LogP contribution in [0.3, 0.4) is 0 Å². The Bertz CT molecular complexity index is 339. The molecule has 1 aromatic carbocycles. The van der Waals surface area contributed by atoms with Gasteiger partial charge >= 0.3 is 0 Å². The van der Waals surface area contributed by atoms with Crippen LogP contribution in [0.1, 0.15) is 24.0 Å². The summed E-state index contributed by atoms with van der Waals surface area (Å²) in [5.41, 5.74) is 8.19. The second kappa shape index (κ2) is 4.53. The van der Waals surface area contributed by atoms with Crippen LogP contribution in [0.2, 0.25) is 0 Å². The molecule has 0 radical (unpaired) electrons. The highest BCUT2D eigenvalue weighted by Crippen LogP contribution is 2.20. The van der Waals surface area contributed by atoms with Crippen LogP contribution < -0.4 is 5.73 Å². The predicted molar refractivity (Wildman–Crippen MR) is 65.5 cm³/mol. The summed E-state index contributed by atoms with van der Waals surface area (Å²) in [7, 11) is 0. The zero-order valence-electron chi connectivity index (χ0n) is 9.86. The molecule has 2 N–H and O–H groups in total. The Morgan fingerprint density at radius 3 is 2.38 bits per heavy atom. The van der Waals surface area contributed by atoms with Crippen molar-refractivity contribution >= 4 is 0 Å². The quantitative estimate of drug-likeness (QED) is 0.611. The lowest BCUT2D eigenvalue weighted by Crippen LogP contribution is -2.50. The molecular formula is C13H20N2O. The molecule has 1 aliphatic rings. The Kier molecular flexibility index (Phi) is 3.28. The lowest BCUT2D eigenvalue weighted by atomic mass is 10.0. The van der Waals surface area contributed by atoms with Crippen molar-refractivity contribution in [2.24, 2.45) is 5.73 Å². The normalized spacial score (nSPS) is 30.3. The molecule has 0 aliphatic carbocycles. The van der Waals surface area contributed by atoms with Crippen LogP contribution in [-0.2, 0) is 6.54 Å². The van der Waals surface area contributed by atoms with Gasteiger partial charge in [-0.1, -0.05) is 29.8 Å². The minimum Gasteiger partial charge on any atom is -0.633 e. The monoisotopic (exact) mass is 220 g/mol. The maximum atomic E-state index is 12.4. The van der Waals surface area contributed by atoms with Crippen molar-refractivity contribution in [3.8, 4) is 0 Å². The molecule has 0 saturated carbocycles. The molecule has 1 aliphatic heterocycles. The van der Waals surface area contributed by atoms with Crippen LogP contribution in [-0.4, -0.2) is 23.8 Å².